The van der Waals surface area contributed by atoms with Gasteiger partial charge in [0.05, 0.1) is 6.42 Å². The second-order valence-electron chi connectivity index (χ2n) is 4.98. The van der Waals surface area contributed by atoms with Crippen molar-refractivity contribution < 1.29 is 14.7 Å². The number of carboxylic acids is 1. The first-order valence-electron chi connectivity index (χ1n) is 6.27. The maximum atomic E-state index is 11.8. The van der Waals surface area contributed by atoms with Gasteiger partial charge in [0.1, 0.15) is 0 Å². The number of carbonyl (C=O) groups is 2. The Bertz CT molecular complexity index is 275. The Hall–Kier alpha value is -1.26. The Morgan fingerprint density at radius 2 is 2.06 bits per heavy atom. The molecule has 0 spiro atoms. The third-order valence-electron chi connectivity index (χ3n) is 2.81. The smallest absolute Gasteiger partial charge is 0.317 e. The van der Waals surface area contributed by atoms with Crippen LogP contribution in [0.15, 0.2) is 0 Å². The molecule has 0 heterocycles. The predicted octanol–water partition coefficient (Wildman–Crippen LogP) is 1.68. The number of aliphatic carboxylic acids is 1. The van der Waals surface area contributed by atoms with Crippen LogP contribution in [0.25, 0.3) is 0 Å². The van der Waals surface area contributed by atoms with Crippen LogP contribution in [-0.2, 0) is 4.79 Å². The molecular formula is C12H22N2O3. The Balaban J connectivity index is 2.30. The predicted molar refractivity (Wildman–Crippen MR) is 64.8 cm³/mol. The molecule has 1 rings (SSSR count). The van der Waals surface area contributed by atoms with Crippen LogP contribution in [-0.4, -0.2) is 41.1 Å². The average molecular weight is 242 g/mol. The monoisotopic (exact) mass is 242 g/mol. The maximum absolute atomic E-state index is 11.8. The number of carbonyl (C=O) groups excluding carboxylic acids is 1. The first kappa shape index (κ1) is 13.8. The SMILES string of the molecule is CC(C)CCN(C(=O)NCCC(=O)O)C1CC1. The molecule has 5 heteroatoms. The fourth-order valence-electron chi connectivity index (χ4n) is 1.61. The molecule has 0 aliphatic heterocycles. The first-order chi connectivity index (χ1) is 8.00. The number of amides is 2. The summed E-state index contributed by atoms with van der Waals surface area (Å²) in [5.41, 5.74) is 0. The highest BCUT2D eigenvalue weighted by atomic mass is 16.4. The van der Waals surface area contributed by atoms with Crippen molar-refractivity contribution in [2.24, 2.45) is 5.92 Å². The summed E-state index contributed by atoms with van der Waals surface area (Å²) in [7, 11) is 0. The molecule has 2 N–H and O–H groups in total. The molecule has 0 saturated heterocycles. The van der Waals surface area contributed by atoms with Gasteiger partial charge in [-0.05, 0) is 25.2 Å². The van der Waals surface area contributed by atoms with Gasteiger partial charge in [0.2, 0.25) is 0 Å². The van der Waals surface area contributed by atoms with Crippen molar-refractivity contribution in [2.45, 2.75) is 45.6 Å². The molecule has 0 bridgehead atoms. The number of rotatable bonds is 7. The highest BCUT2D eigenvalue weighted by Gasteiger charge is 2.32. The Labute approximate surface area is 102 Å². The van der Waals surface area contributed by atoms with Gasteiger partial charge in [0.25, 0.3) is 0 Å². The number of hydrogen-bond donors (Lipinski definition) is 2. The Kier molecular flexibility index (Phi) is 5.25. The second-order valence-corrected chi connectivity index (χ2v) is 4.98. The number of nitrogens with zero attached hydrogens (tertiary/aromatic N) is 1. The summed E-state index contributed by atoms with van der Waals surface area (Å²) in [6.45, 7) is 5.24. The zero-order valence-corrected chi connectivity index (χ0v) is 10.6. The molecule has 1 fully saturated rings. The molecule has 0 aromatic carbocycles. The average Bonchev–Trinajstić information content (AvgIpc) is 3.01. The van der Waals surface area contributed by atoms with Gasteiger partial charge in [0.15, 0.2) is 0 Å². The Morgan fingerprint density at radius 3 is 2.53 bits per heavy atom. The summed E-state index contributed by atoms with van der Waals surface area (Å²) in [5.74, 6) is -0.312. The van der Waals surface area contributed by atoms with Crippen molar-refractivity contribution in [3.05, 3.63) is 0 Å². The van der Waals surface area contributed by atoms with Crippen molar-refractivity contribution in [3.63, 3.8) is 0 Å². The molecule has 1 saturated carbocycles. The zero-order valence-electron chi connectivity index (χ0n) is 10.6. The van der Waals surface area contributed by atoms with Crippen LogP contribution in [0, 0.1) is 5.92 Å². The minimum atomic E-state index is -0.884. The van der Waals surface area contributed by atoms with E-state index in [0.29, 0.717) is 12.0 Å². The summed E-state index contributed by atoms with van der Waals surface area (Å²) < 4.78 is 0. The lowest BCUT2D eigenvalue weighted by atomic mass is 10.1. The minimum Gasteiger partial charge on any atom is -0.481 e. The summed E-state index contributed by atoms with van der Waals surface area (Å²) in [6.07, 6.45) is 3.12. The fraction of sp³-hybridized carbons (Fsp3) is 0.833. The zero-order chi connectivity index (χ0) is 12.8. The Morgan fingerprint density at radius 1 is 1.41 bits per heavy atom. The van der Waals surface area contributed by atoms with Gasteiger partial charge in [-0.2, -0.15) is 0 Å². The van der Waals surface area contributed by atoms with Crippen LogP contribution in [0.4, 0.5) is 4.79 Å². The molecule has 0 aromatic rings. The summed E-state index contributed by atoms with van der Waals surface area (Å²) in [6, 6.07) is 0.257. The molecule has 0 radical (unpaired) electrons. The normalized spacial score (nSPS) is 14.8. The summed E-state index contributed by atoms with van der Waals surface area (Å²) in [5, 5.41) is 11.2. The summed E-state index contributed by atoms with van der Waals surface area (Å²) >= 11 is 0. The van der Waals surface area contributed by atoms with E-state index in [4.69, 9.17) is 5.11 Å². The van der Waals surface area contributed by atoms with Crippen molar-refractivity contribution in [2.75, 3.05) is 13.1 Å². The fourth-order valence-corrected chi connectivity index (χ4v) is 1.61. The van der Waals surface area contributed by atoms with Gasteiger partial charge in [-0.1, -0.05) is 13.8 Å². The van der Waals surface area contributed by atoms with Crippen molar-refractivity contribution in [1.82, 2.24) is 10.2 Å². The van der Waals surface area contributed by atoms with Gasteiger partial charge < -0.3 is 15.3 Å². The molecule has 0 atom stereocenters. The van der Waals surface area contributed by atoms with Gasteiger partial charge >= 0.3 is 12.0 Å². The van der Waals surface area contributed by atoms with E-state index in [0.717, 1.165) is 25.8 Å². The van der Waals surface area contributed by atoms with Crippen LogP contribution in [0.5, 0.6) is 0 Å². The third-order valence-corrected chi connectivity index (χ3v) is 2.81. The van der Waals surface area contributed by atoms with E-state index in [1.165, 1.54) is 0 Å². The van der Waals surface area contributed by atoms with Gasteiger partial charge in [-0.25, -0.2) is 4.79 Å². The molecule has 1 aliphatic rings. The van der Waals surface area contributed by atoms with E-state index >= 15 is 0 Å². The minimum absolute atomic E-state index is 0.0194. The quantitative estimate of drug-likeness (QED) is 0.713. The molecule has 2 amide bonds. The van der Waals surface area contributed by atoms with Crippen LogP contribution in [0.1, 0.15) is 39.5 Å². The van der Waals surface area contributed by atoms with Crippen molar-refractivity contribution in [3.8, 4) is 0 Å². The first-order valence-corrected chi connectivity index (χ1v) is 6.27. The molecule has 0 aromatic heterocycles. The molecule has 98 valence electrons. The summed E-state index contributed by atoms with van der Waals surface area (Å²) in [4.78, 5) is 24.0. The molecule has 5 nitrogen and oxygen atoms in total. The van der Waals surface area contributed by atoms with Gasteiger partial charge in [0, 0.05) is 19.1 Å². The number of carboxylic acid groups (broad SMARTS) is 1. The highest BCUT2D eigenvalue weighted by Crippen LogP contribution is 2.27. The van der Waals surface area contributed by atoms with Crippen molar-refractivity contribution >= 4 is 12.0 Å². The number of nitrogens with one attached hydrogen (secondary N) is 1. The van der Waals surface area contributed by atoms with E-state index in [2.05, 4.69) is 19.2 Å². The second kappa shape index (κ2) is 6.47. The van der Waals surface area contributed by atoms with E-state index in [9.17, 15) is 9.59 Å². The van der Waals surface area contributed by atoms with E-state index < -0.39 is 5.97 Å². The van der Waals surface area contributed by atoms with Crippen molar-refractivity contribution in [1.29, 1.82) is 0 Å². The largest absolute Gasteiger partial charge is 0.481 e. The van der Waals surface area contributed by atoms with Crippen LogP contribution >= 0.6 is 0 Å². The molecule has 17 heavy (non-hydrogen) atoms. The third kappa shape index (κ3) is 5.56. The van der Waals surface area contributed by atoms with E-state index in [1.54, 1.807) is 0 Å². The van der Waals surface area contributed by atoms with E-state index in [1.807, 2.05) is 4.90 Å². The lowest BCUT2D eigenvalue weighted by molar-refractivity contribution is -0.136. The van der Waals surface area contributed by atoms with Crippen LogP contribution in [0.3, 0.4) is 0 Å². The lowest BCUT2D eigenvalue weighted by Crippen LogP contribution is -2.42. The number of urea groups is 1. The van der Waals surface area contributed by atoms with E-state index in [-0.39, 0.29) is 19.0 Å². The van der Waals surface area contributed by atoms with Crippen LogP contribution < -0.4 is 5.32 Å². The molecule has 1 aliphatic carbocycles. The highest BCUT2D eigenvalue weighted by molar-refractivity contribution is 5.75. The topological polar surface area (TPSA) is 69.6 Å². The lowest BCUT2D eigenvalue weighted by Gasteiger charge is -2.23. The van der Waals surface area contributed by atoms with Crippen LogP contribution in [0.2, 0.25) is 0 Å². The number of hydrogen-bond acceptors (Lipinski definition) is 2. The molecule has 0 unspecified atom stereocenters. The van der Waals surface area contributed by atoms with Gasteiger partial charge in [-0.3, -0.25) is 4.79 Å². The maximum Gasteiger partial charge on any atom is 0.317 e. The standard InChI is InChI=1S/C12H22N2O3/c1-9(2)6-8-14(10-3-4-10)12(17)13-7-5-11(15)16/h9-10H,3-8H2,1-2H3,(H,13,17)(H,15,16). The van der Waals surface area contributed by atoms with Gasteiger partial charge in [-0.15, -0.1) is 0 Å². The molecular weight excluding hydrogens is 220 g/mol.